The molecule has 0 saturated carbocycles. The predicted molar refractivity (Wildman–Crippen MR) is 103 cm³/mol. The molecule has 0 aliphatic carbocycles. The maximum Gasteiger partial charge on any atom is 0.227 e. The molecule has 0 spiro atoms. The van der Waals surface area contributed by atoms with Gasteiger partial charge in [0.2, 0.25) is 5.91 Å². The fraction of sp³-hybridized carbons (Fsp3) is 0.545. The molecular formula is C22H28FN3O. The monoisotopic (exact) mass is 369 g/mol. The largest absolute Gasteiger partial charge is 0.336 e. The van der Waals surface area contributed by atoms with Crippen LogP contribution in [0, 0.1) is 25.6 Å². The van der Waals surface area contributed by atoms with E-state index in [1.807, 2.05) is 37.6 Å². The number of aromatic nitrogens is 2. The van der Waals surface area contributed by atoms with Gasteiger partial charge in [0, 0.05) is 17.8 Å². The number of fused-ring (bicyclic) bond motifs is 2. The number of amides is 1. The van der Waals surface area contributed by atoms with E-state index in [0.717, 1.165) is 37.1 Å². The molecule has 5 heteroatoms. The van der Waals surface area contributed by atoms with Gasteiger partial charge in [0.05, 0.1) is 18.2 Å². The van der Waals surface area contributed by atoms with E-state index in [2.05, 4.69) is 16.1 Å². The molecule has 1 unspecified atom stereocenters. The third kappa shape index (κ3) is 3.52. The van der Waals surface area contributed by atoms with Crippen LogP contribution in [0.3, 0.4) is 0 Å². The number of carbonyl (C=O) groups is 1. The Labute approximate surface area is 160 Å². The molecule has 1 aromatic carbocycles. The minimum absolute atomic E-state index is 0.0755. The first-order valence-corrected chi connectivity index (χ1v) is 10.0. The number of hydrogen-bond donors (Lipinski definition) is 0. The molecule has 0 N–H and O–H groups in total. The first-order valence-electron chi connectivity index (χ1n) is 10.0. The lowest BCUT2D eigenvalue weighted by atomic mass is 9.84. The quantitative estimate of drug-likeness (QED) is 0.810. The summed E-state index contributed by atoms with van der Waals surface area (Å²) in [6.07, 6.45) is 4.14. The molecule has 4 rings (SSSR count). The fourth-order valence-electron chi connectivity index (χ4n) is 5.00. The number of rotatable bonds is 4. The van der Waals surface area contributed by atoms with Crippen molar-refractivity contribution in [3.63, 3.8) is 0 Å². The minimum Gasteiger partial charge on any atom is -0.336 e. The molecule has 2 saturated heterocycles. The SMILES string of the molecule is Cc1cc(C)n(C[C@@H](C)C(=O)N2[C@@H]3CC[C@H]2CC(c2ccc(F)cc2)C3)n1. The summed E-state index contributed by atoms with van der Waals surface area (Å²) in [5.41, 5.74) is 3.30. The van der Waals surface area contributed by atoms with Gasteiger partial charge in [-0.1, -0.05) is 19.1 Å². The fourth-order valence-corrected chi connectivity index (χ4v) is 5.00. The van der Waals surface area contributed by atoms with Gasteiger partial charge in [-0.3, -0.25) is 9.48 Å². The van der Waals surface area contributed by atoms with Crippen LogP contribution in [0.25, 0.3) is 0 Å². The molecule has 4 nitrogen and oxygen atoms in total. The maximum absolute atomic E-state index is 13.2. The first-order chi connectivity index (χ1) is 12.9. The third-order valence-electron chi connectivity index (χ3n) is 6.30. The highest BCUT2D eigenvalue weighted by Gasteiger charge is 2.44. The Morgan fingerprint density at radius 2 is 1.81 bits per heavy atom. The molecule has 27 heavy (non-hydrogen) atoms. The highest BCUT2D eigenvalue weighted by Crippen LogP contribution is 2.43. The Morgan fingerprint density at radius 1 is 1.19 bits per heavy atom. The van der Waals surface area contributed by atoms with Crippen LogP contribution in [-0.4, -0.2) is 32.7 Å². The molecule has 1 aromatic heterocycles. The van der Waals surface area contributed by atoms with Crippen molar-refractivity contribution in [1.82, 2.24) is 14.7 Å². The van der Waals surface area contributed by atoms with E-state index in [1.54, 1.807) is 12.1 Å². The number of piperidine rings is 1. The Kier molecular flexibility index (Phi) is 4.79. The molecule has 2 fully saturated rings. The number of hydrogen-bond acceptors (Lipinski definition) is 2. The van der Waals surface area contributed by atoms with Crippen molar-refractivity contribution in [2.45, 2.75) is 71.0 Å². The van der Waals surface area contributed by atoms with E-state index >= 15 is 0 Å². The Morgan fingerprint density at radius 3 is 2.37 bits per heavy atom. The summed E-state index contributed by atoms with van der Waals surface area (Å²) in [6.45, 7) is 6.67. The highest BCUT2D eigenvalue weighted by molar-refractivity contribution is 5.79. The number of aryl methyl sites for hydroxylation is 2. The van der Waals surface area contributed by atoms with Crippen molar-refractivity contribution in [1.29, 1.82) is 0 Å². The Bertz CT molecular complexity index is 815. The third-order valence-corrected chi connectivity index (χ3v) is 6.30. The summed E-state index contributed by atoms with van der Waals surface area (Å²) in [6, 6.07) is 9.58. The van der Waals surface area contributed by atoms with Gasteiger partial charge in [-0.15, -0.1) is 0 Å². The first kappa shape index (κ1) is 18.2. The predicted octanol–water partition coefficient (Wildman–Crippen LogP) is 4.21. The maximum atomic E-state index is 13.2. The van der Waals surface area contributed by atoms with Gasteiger partial charge in [0.25, 0.3) is 0 Å². The second-order valence-electron chi connectivity index (χ2n) is 8.36. The number of carbonyl (C=O) groups excluding carboxylic acids is 1. The van der Waals surface area contributed by atoms with Crippen LogP contribution in [0.15, 0.2) is 30.3 Å². The van der Waals surface area contributed by atoms with Crippen molar-refractivity contribution >= 4 is 5.91 Å². The number of nitrogens with zero attached hydrogens (tertiary/aromatic N) is 3. The van der Waals surface area contributed by atoms with Gasteiger partial charge in [-0.25, -0.2) is 4.39 Å². The van der Waals surface area contributed by atoms with Crippen LogP contribution in [0.5, 0.6) is 0 Å². The second kappa shape index (κ2) is 7.10. The summed E-state index contributed by atoms with van der Waals surface area (Å²) >= 11 is 0. The summed E-state index contributed by atoms with van der Waals surface area (Å²) in [7, 11) is 0. The van der Waals surface area contributed by atoms with E-state index in [-0.39, 0.29) is 17.6 Å². The van der Waals surface area contributed by atoms with Gasteiger partial charge in [0.15, 0.2) is 0 Å². The van der Waals surface area contributed by atoms with Crippen LogP contribution < -0.4 is 0 Å². The minimum atomic E-state index is -0.188. The zero-order chi connectivity index (χ0) is 19.1. The molecule has 2 bridgehead atoms. The summed E-state index contributed by atoms with van der Waals surface area (Å²) in [5, 5.41) is 4.51. The molecule has 3 heterocycles. The Balaban J connectivity index is 1.45. The van der Waals surface area contributed by atoms with E-state index < -0.39 is 0 Å². The number of halogens is 1. The van der Waals surface area contributed by atoms with E-state index in [4.69, 9.17) is 0 Å². The van der Waals surface area contributed by atoms with Gasteiger partial charge in [-0.2, -0.15) is 5.10 Å². The van der Waals surface area contributed by atoms with Crippen molar-refractivity contribution < 1.29 is 9.18 Å². The van der Waals surface area contributed by atoms with E-state index in [0.29, 0.717) is 24.5 Å². The molecule has 1 amide bonds. The molecule has 144 valence electrons. The van der Waals surface area contributed by atoms with Crippen molar-refractivity contribution in [2.24, 2.45) is 5.92 Å². The zero-order valence-corrected chi connectivity index (χ0v) is 16.4. The van der Waals surface area contributed by atoms with Crippen LogP contribution in [0.2, 0.25) is 0 Å². The molecular weight excluding hydrogens is 341 g/mol. The second-order valence-corrected chi connectivity index (χ2v) is 8.36. The van der Waals surface area contributed by atoms with Crippen molar-refractivity contribution in [3.8, 4) is 0 Å². The average Bonchev–Trinajstić information content (AvgIpc) is 3.09. The number of benzene rings is 1. The summed E-state index contributed by atoms with van der Waals surface area (Å²) < 4.78 is 15.2. The smallest absolute Gasteiger partial charge is 0.227 e. The lowest BCUT2D eigenvalue weighted by molar-refractivity contribution is -0.140. The van der Waals surface area contributed by atoms with Crippen LogP contribution in [0.1, 0.15) is 55.5 Å². The average molecular weight is 369 g/mol. The lowest BCUT2D eigenvalue weighted by Crippen LogP contribution is -2.48. The van der Waals surface area contributed by atoms with Gasteiger partial charge in [-0.05, 0) is 69.2 Å². The van der Waals surface area contributed by atoms with Crippen molar-refractivity contribution in [2.75, 3.05) is 0 Å². The van der Waals surface area contributed by atoms with E-state index in [1.165, 1.54) is 5.56 Å². The zero-order valence-electron chi connectivity index (χ0n) is 16.4. The van der Waals surface area contributed by atoms with Crippen LogP contribution in [0.4, 0.5) is 4.39 Å². The topological polar surface area (TPSA) is 38.1 Å². The molecule has 2 aromatic rings. The summed E-state index contributed by atoms with van der Waals surface area (Å²) in [5.74, 6) is 0.423. The molecule has 0 radical (unpaired) electrons. The van der Waals surface area contributed by atoms with Gasteiger partial charge in [0.1, 0.15) is 5.82 Å². The molecule has 2 aliphatic rings. The highest BCUT2D eigenvalue weighted by atomic mass is 19.1. The normalized spacial score (nSPS) is 25.6. The van der Waals surface area contributed by atoms with Gasteiger partial charge >= 0.3 is 0 Å². The molecule has 2 aliphatic heterocycles. The van der Waals surface area contributed by atoms with Crippen LogP contribution >= 0.6 is 0 Å². The van der Waals surface area contributed by atoms with Crippen LogP contribution in [-0.2, 0) is 11.3 Å². The van der Waals surface area contributed by atoms with E-state index in [9.17, 15) is 9.18 Å². The Hall–Kier alpha value is -2.17. The lowest BCUT2D eigenvalue weighted by Gasteiger charge is -2.40. The van der Waals surface area contributed by atoms with Gasteiger partial charge < -0.3 is 4.90 Å². The summed E-state index contributed by atoms with van der Waals surface area (Å²) in [4.78, 5) is 15.4. The molecule has 4 atom stereocenters. The standard InChI is InChI=1S/C22H28FN3O/c1-14(13-25-16(3)10-15(2)24-25)22(27)26-20-8-9-21(26)12-18(11-20)17-4-6-19(23)7-5-17/h4-7,10,14,18,20-21H,8-9,11-13H2,1-3H3/t14-,18?,20-,21+/m1/s1. The van der Waals surface area contributed by atoms with Crippen molar-refractivity contribution in [3.05, 3.63) is 53.1 Å².